The Labute approximate surface area is 96.5 Å². The monoisotopic (exact) mass is 218 g/mol. The van der Waals surface area contributed by atoms with Crippen molar-refractivity contribution in [3.63, 3.8) is 0 Å². The number of benzene rings is 1. The molecule has 1 amide bonds. The Bertz CT molecular complexity index is 361. The molecule has 86 valence electrons. The highest BCUT2D eigenvalue weighted by molar-refractivity contribution is 5.77. The van der Waals surface area contributed by atoms with Gasteiger partial charge in [0.15, 0.2) is 0 Å². The summed E-state index contributed by atoms with van der Waals surface area (Å²) in [4.78, 5) is 13.0. The minimum Gasteiger partial charge on any atom is -0.348 e. The minimum absolute atomic E-state index is 0.138. The third-order valence-electron chi connectivity index (χ3n) is 3.03. The summed E-state index contributed by atoms with van der Waals surface area (Å²) in [5.74, 6) is 0.731. The maximum absolute atomic E-state index is 11.4. The number of nitrogens with zero attached hydrogens (tertiary/aromatic N) is 1. The average molecular weight is 218 g/mol. The lowest BCUT2D eigenvalue weighted by atomic mass is 10.1. The highest BCUT2D eigenvalue weighted by Crippen LogP contribution is 2.40. The number of carbonyl (C=O) groups excluding carboxylic acids is 1. The summed E-state index contributed by atoms with van der Waals surface area (Å²) in [6, 6.07) is 10.9. The van der Waals surface area contributed by atoms with Gasteiger partial charge in [-0.05, 0) is 12.0 Å². The van der Waals surface area contributed by atoms with Gasteiger partial charge in [0, 0.05) is 26.1 Å². The highest BCUT2D eigenvalue weighted by Gasteiger charge is 2.37. The van der Waals surface area contributed by atoms with Crippen molar-refractivity contribution in [3.8, 4) is 0 Å². The van der Waals surface area contributed by atoms with E-state index in [0.717, 1.165) is 6.42 Å². The highest BCUT2D eigenvalue weighted by atomic mass is 16.2. The number of rotatable bonds is 4. The zero-order chi connectivity index (χ0) is 11.5. The molecule has 1 aliphatic rings. The largest absolute Gasteiger partial charge is 0.348 e. The summed E-state index contributed by atoms with van der Waals surface area (Å²) in [6.07, 6.45) is 1.14. The van der Waals surface area contributed by atoms with E-state index in [1.807, 2.05) is 6.07 Å². The van der Waals surface area contributed by atoms with Crippen LogP contribution in [0.25, 0.3) is 0 Å². The molecule has 1 aromatic rings. The van der Waals surface area contributed by atoms with Crippen LogP contribution in [0.3, 0.4) is 0 Å². The molecule has 0 spiro atoms. The molecule has 0 aliphatic heterocycles. The van der Waals surface area contributed by atoms with Gasteiger partial charge in [-0.25, -0.2) is 0 Å². The fourth-order valence-electron chi connectivity index (χ4n) is 1.87. The molecule has 0 saturated heterocycles. The van der Waals surface area contributed by atoms with Crippen LogP contribution in [-0.2, 0) is 4.79 Å². The zero-order valence-corrected chi connectivity index (χ0v) is 9.81. The van der Waals surface area contributed by atoms with E-state index < -0.39 is 0 Å². The first-order valence-corrected chi connectivity index (χ1v) is 5.67. The van der Waals surface area contributed by atoms with Crippen LogP contribution in [0.1, 0.15) is 17.9 Å². The summed E-state index contributed by atoms with van der Waals surface area (Å²) in [7, 11) is 3.57. The van der Waals surface area contributed by atoms with E-state index in [1.165, 1.54) is 5.56 Å². The van der Waals surface area contributed by atoms with Crippen LogP contribution in [0.2, 0.25) is 0 Å². The molecule has 1 N–H and O–H groups in total. The van der Waals surface area contributed by atoms with Crippen LogP contribution < -0.4 is 5.32 Å². The molecule has 2 atom stereocenters. The molecule has 3 heteroatoms. The van der Waals surface area contributed by atoms with Gasteiger partial charge in [0.1, 0.15) is 0 Å². The fraction of sp³-hybridized carbons (Fsp3) is 0.462. The Morgan fingerprint density at radius 2 is 2.06 bits per heavy atom. The van der Waals surface area contributed by atoms with Gasteiger partial charge < -0.3 is 10.2 Å². The van der Waals surface area contributed by atoms with Gasteiger partial charge in [-0.15, -0.1) is 0 Å². The Morgan fingerprint density at radius 1 is 1.38 bits per heavy atom. The lowest BCUT2D eigenvalue weighted by Gasteiger charge is -2.10. The van der Waals surface area contributed by atoms with E-state index in [-0.39, 0.29) is 5.91 Å². The van der Waals surface area contributed by atoms with E-state index in [4.69, 9.17) is 0 Å². The Hall–Kier alpha value is -1.35. The maximum Gasteiger partial charge on any atom is 0.236 e. The third kappa shape index (κ3) is 2.61. The van der Waals surface area contributed by atoms with E-state index >= 15 is 0 Å². The number of likely N-dealkylation sites (N-methyl/N-ethyl adjacent to an activating group) is 1. The summed E-state index contributed by atoms with van der Waals surface area (Å²) in [6.45, 7) is 0.445. The van der Waals surface area contributed by atoms with Crippen molar-refractivity contribution in [2.24, 2.45) is 0 Å². The smallest absolute Gasteiger partial charge is 0.236 e. The molecular formula is C13H18N2O. The predicted molar refractivity (Wildman–Crippen MR) is 64.3 cm³/mol. The molecule has 0 bridgehead atoms. The number of carbonyl (C=O) groups is 1. The summed E-state index contributed by atoms with van der Waals surface area (Å²) < 4.78 is 0. The number of amides is 1. The van der Waals surface area contributed by atoms with E-state index in [2.05, 4.69) is 29.6 Å². The van der Waals surface area contributed by atoms with Crippen LogP contribution in [-0.4, -0.2) is 37.5 Å². The Morgan fingerprint density at radius 3 is 2.69 bits per heavy atom. The molecular weight excluding hydrogens is 200 g/mol. The minimum atomic E-state index is 0.138. The first-order valence-electron chi connectivity index (χ1n) is 5.67. The first-order chi connectivity index (χ1) is 7.68. The van der Waals surface area contributed by atoms with Crippen molar-refractivity contribution >= 4 is 5.91 Å². The Balaban J connectivity index is 1.78. The summed E-state index contributed by atoms with van der Waals surface area (Å²) >= 11 is 0. The predicted octanol–water partition coefficient (Wildman–Crippen LogP) is 1.22. The average Bonchev–Trinajstić information content (AvgIpc) is 3.06. The van der Waals surface area contributed by atoms with E-state index in [1.54, 1.807) is 19.0 Å². The summed E-state index contributed by atoms with van der Waals surface area (Å²) in [5, 5.41) is 3.30. The fourth-order valence-corrected chi connectivity index (χ4v) is 1.87. The molecule has 2 rings (SSSR count). The zero-order valence-electron chi connectivity index (χ0n) is 9.81. The van der Waals surface area contributed by atoms with Crippen LogP contribution in [0.4, 0.5) is 0 Å². The summed E-state index contributed by atoms with van der Waals surface area (Å²) in [5.41, 5.74) is 1.37. The van der Waals surface area contributed by atoms with Gasteiger partial charge in [-0.1, -0.05) is 30.3 Å². The lowest BCUT2D eigenvalue weighted by molar-refractivity contribution is -0.127. The molecule has 1 saturated carbocycles. The number of nitrogens with one attached hydrogen (secondary N) is 1. The second-order valence-electron chi connectivity index (χ2n) is 4.53. The quantitative estimate of drug-likeness (QED) is 0.824. The van der Waals surface area contributed by atoms with Crippen molar-refractivity contribution < 1.29 is 4.79 Å². The molecule has 1 aromatic carbocycles. The maximum atomic E-state index is 11.4. The number of hydrogen-bond donors (Lipinski definition) is 1. The van der Waals surface area contributed by atoms with Crippen molar-refractivity contribution in [1.29, 1.82) is 0 Å². The lowest BCUT2D eigenvalue weighted by Crippen LogP contribution is -2.34. The van der Waals surface area contributed by atoms with E-state index in [9.17, 15) is 4.79 Å². The van der Waals surface area contributed by atoms with Gasteiger partial charge in [0.05, 0.1) is 6.54 Å². The van der Waals surface area contributed by atoms with Crippen molar-refractivity contribution in [3.05, 3.63) is 35.9 Å². The topological polar surface area (TPSA) is 32.3 Å². The molecule has 16 heavy (non-hydrogen) atoms. The molecule has 0 radical (unpaired) electrons. The second-order valence-corrected chi connectivity index (χ2v) is 4.53. The van der Waals surface area contributed by atoms with Gasteiger partial charge >= 0.3 is 0 Å². The van der Waals surface area contributed by atoms with Gasteiger partial charge in [0.2, 0.25) is 5.91 Å². The van der Waals surface area contributed by atoms with Crippen LogP contribution in [0.15, 0.2) is 30.3 Å². The van der Waals surface area contributed by atoms with Crippen molar-refractivity contribution in [1.82, 2.24) is 10.2 Å². The molecule has 0 heterocycles. The van der Waals surface area contributed by atoms with Gasteiger partial charge in [-0.3, -0.25) is 4.79 Å². The van der Waals surface area contributed by atoms with E-state index in [0.29, 0.717) is 18.5 Å². The second kappa shape index (κ2) is 4.66. The molecule has 1 aliphatic carbocycles. The van der Waals surface area contributed by atoms with Crippen LogP contribution in [0.5, 0.6) is 0 Å². The molecule has 2 unspecified atom stereocenters. The Kier molecular flexibility index (Phi) is 3.25. The van der Waals surface area contributed by atoms with Gasteiger partial charge in [0.25, 0.3) is 0 Å². The SMILES string of the molecule is CN(C)C(=O)CNC1CC1c1ccccc1. The molecule has 3 nitrogen and oxygen atoms in total. The van der Waals surface area contributed by atoms with Crippen molar-refractivity contribution in [2.75, 3.05) is 20.6 Å². The first kappa shape index (κ1) is 11.1. The normalized spacial score (nSPS) is 22.9. The van der Waals surface area contributed by atoms with Crippen LogP contribution >= 0.6 is 0 Å². The molecule has 1 fully saturated rings. The van der Waals surface area contributed by atoms with Gasteiger partial charge in [-0.2, -0.15) is 0 Å². The van der Waals surface area contributed by atoms with Crippen LogP contribution in [0, 0.1) is 0 Å². The third-order valence-corrected chi connectivity index (χ3v) is 3.03. The standard InChI is InChI=1S/C13H18N2O/c1-15(2)13(16)9-14-12-8-11(12)10-6-4-3-5-7-10/h3-7,11-12,14H,8-9H2,1-2H3. The van der Waals surface area contributed by atoms with Crippen molar-refractivity contribution in [2.45, 2.75) is 18.4 Å². The molecule has 0 aromatic heterocycles. The number of hydrogen-bond acceptors (Lipinski definition) is 2.